The van der Waals surface area contributed by atoms with Crippen LogP contribution in [0.25, 0.3) is 0 Å². The van der Waals surface area contributed by atoms with Crippen LogP contribution in [0.1, 0.15) is 22.4 Å². The lowest BCUT2D eigenvalue weighted by molar-refractivity contribution is -0.147. The maximum Gasteiger partial charge on any atom is 0.254 e. The molecule has 1 aromatic heterocycles. The molecule has 76 valence electrons. The third-order valence-electron chi connectivity index (χ3n) is 2.91. The summed E-state index contributed by atoms with van der Waals surface area (Å²) in [5.74, 6) is -0.482. The van der Waals surface area contributed by atoms with Crippen molar-refractivity contribution in [3.63, 3.8) is 0 Å². The Hall–Kier alpha value is -1.47. The van der Waals surface area contributed by atoms with E-state index in [1.807, 2.05) is 5.38 Å². The van der Waals surface area contributed by atoms with E-state index in [0.29, 0.717) is 0 Å². The first kappa shape index (κ1) is 8.81. The second kappa shape index (κ2) is 3.01. The molecule has 0 saturated carbocycles. The SMILES string of the molecule is N#Cc1csc2c1CCC1(C2)OC=CO1. The van der Waals surface area contributed by atoms with Crippen molar-refractivity contribution in [1.82, 2.24) is 0 Å². The van der Waals surface area contributed by atoms with E-state index in [1.165, 1.54) is 10.4 Å². The van der Waals surface area contributed by atoms with Gasteiger partial charge in [0.2, 0.25) is 0 Å². The maximum atomic E-state index is 8.92. The average Bonchev–Trinajstić information content (AvgIpc) is 2.85. The Morgan fingerprint density at radius 2 is 2.20 bits per heavy atom. The zero-order valence-electron chi connectivity index (χ0n) is 8.03. The summed E-state index contributed by atoms with van der Waals surface area (Å²) in [7, 11) is 0. The Kier molecular flexibility index (Phi) is 1.77. The van der Waals surface area contributed by atoms with Crippen LogP contribution >= 0.6 is 11.3 Å². The minimum atomic E-state index is -0.482. The number of hydrogen-bond donors (Lipinski definition) is 0. The highest BCUT2D eigenvalue weighted by Crippen LogP contribution is 2.39. The fourth-order valence-corrected chi connectivity index (χ4v) is 3.23. The van der Waals surface area contributed by atoms with Crippen LogP contribution in [0, 0.1) is 11.3 Å². The molecule has 0 bridgehead atoms. The fourth-order valence-electron chi connectivity index (χ4n) is 2.12. The third-order valence-corrected chi connectivity index (χ3v) is 3.94. The first-order chi connectivity index (χ1) is 7.33. The van der Waals surface area contributed by atoms with Gasteiger partial charge in [-0.2, -0.15) is 5.26 Å². The van der Waals surface area contributed by atoms with Gasteiger partial charge in [0.1, 0.15) is 18.6 Å². The summed E-state index contributed by atoms with van der Waals surface area (Å²) in [4.78, 5) is 1.22. The number of ether oxygens (including phenoxy) is 2. The summed E-state index contributed by atoms with van der Waals surface area (Å²) in [6.07, 6.45) is 5.64. The van der Waals surface area contributed by atoms with Crippen molar-refractivity contribution >= 4 is 11.3 Å². The summed E-state index contributed by atoms with van der Waals surface area (Å²) < 4.78 is 11.0. The van der Waals surface area contributed by atoms with E-state index in [2.05, 4.69) is 6.07 Å². The summed E-state index contributed by atoms with van der Waals surface area (Å²) in [6.45, 7) is 0. The van der Waals surface area contributed by atoms with Gasteiger partial charge in [0.15, 0.2) is 0 Å². The molecule has 2 heterocycles. The van der Waals surface area contributed by atoms with Gasteiger partial charge in [0.25, 0.3) is 5.79 Å². The minimum Gasteiger partial charge on any atom is -0.456 e. The molecule has 1 aliphatic heterocycles. The molecule has 4 heteroatoms. The zero-order chi connectivity index (χ0) is 10.3. The highest BCUT2D eigenvalue weighted by molar-refractivity contribution is 7.10. The normalized spacial score (nSPS) is 20.5. The van der Waals surface area contributed by atoms with Crippen molar-refractivity contribution in [1.29, 1.82) is 5.26 Å². The Bertz CT molecular complexity index is 461. The fraction of sp³-hybridized carbons (Fsp3) is 0.364. The van der Waals surface area contributed by atoms with Crippen LogP contribution in [-0.2, 0) is 22.3 Å². The number of hydrogen-bond acceptors (Lipinski definition) is 4. The van der Waals surface area contributed by atoms with Crippen LogP contribution in [-0.4, -0.2) is 5.79 Å². The third kappa shape index (κ3) is 1.24. The summed E-state index contributed by atoms with van der Waals surface area (Å²) in [6, 6.07) is 2.23. The molecular formula is C11H9NO2S. The molecule has 0 atom stereocenters. The van der Waals surface area contributed by atoms with Crippen LogP contribution in [0.5, 0.6) is 0 Å². The monoisotopic (exact) mass is 219 g/mol. The second-order valence-electron chi connectivity index (χ2n) is 3.76. The van der Waals surface area contributed by atoms with Crippen LogP contribution in [0.2, 0.25) is 0 Å². The van der Waals surface area contributed by atoms with E-state index in [0.717, 1.165) is 24.8 Å². The molecule has 1 aliphatic carbocycles. The number of nitriles is 1. The van der Waals surface area contributed by atoms with Gasteiger partial charge < -0.3 is 9.47 Å². The molecule has 1 aromatic rings. The van der Waals surface area contributed by atoms with E-state index in [-0.39, 0.29) is 0 Å². The zero-order valence-corrected chi connectivity index (χ0v) is 8.84. The van der Waals surface area contributed by atoms with Gasteiger partial charge in [-0.3, -0.25) is 0 Å². The lowest BCUT2D eigenvalue weighted by Crippen LogP contribution is -2.36. The van der Waals surface area contributed by atoms with Crippen LogP contribution in [0.4, 0.5) is 0 Å². The van der Waals surface area contributed by atoms with Crippen molar-refractivity contribution in [2.75, 3.05) is 0 Å². The molecule has 0 radical (unpaired) electrons. The lowest BCUT2D eigenvalue weighted by atomic mass is 9.91. The predicted molar refractivity (Wildman–Crippen MR) is 55.1 cm³/mol. The van der Waals surface area contributed by atoms with Crippen molar-refractivity contribution in [2.45, 2.75) is 25.0 Å². The first-order valence-corrected chi connectivity index (χ1v) is 5.71. The summed E-state index contributed by atoms with van der Waals surface area (Å²) in [5.41, 5.74) is 2.00. The van der Waals surface area contributed by atoms with Crippen LogP contribution < -0.4 is 0 Å². The smallest absolute Gasteiger partial charge is 0.254 e. The van der Waals surface area contributed by atoms with Gasteiger partial charge in [-0.05, 0) is 12.0 Å². The summed E-state index contributed by atoms with van der Waals surface area (Å²) >= 11 is 1.63. The molecule has 0 aromatic carbocycles. The van der Waals surface area contributed by atoms with Gasteiger partial charge in [-0.25, -0.2) is 0 Å². The van der Waals surface area contributed by atoms with Gasteiger partial charge >= 0.3 is 0 Å². The summed E-state index contributed by atoms with van der Waals surface area (Å²) in [5, 5.41) is 10.8. The Balaban J connectivity index is 1.95. The van der Waals surface area contributed by atoms with Gasteiger partial charge in [0.05, 0.1) is 12.0 Å². The van der Waals surface area contributed by atoms with Gasteiger partial charge in [0, 0.05) is 16.7 Å². The Morgan fingerprint density at radius 3 is 2.93 bits per heavy atom. The molecule has 0 fully saturated rings. The number of nitrogens with zero attached hydrogens (tertiary/aromatic N) is 1. The number of fused-ring (bicyclic) bond motifs is 1. The highest BCUT2D eigenvalue weighted by atomic mass is 32.1. The molecule has 3 nitrogen and oxygen atoms in total. The molecule has 0 amide bonds. The standard InChI is InChI=1S/C11H9NO2S/c12-6-8-7-15-10-5-11(2-1-9(8)10)13-3-4-14-11/h3-4,7H,1-2,5H2. The molecule has 15 heavy (non-hydrogen) atoms. The largest absolute Gasteiger partial charge is 0.456 e. The van der Waals surface area contributed by atoms with Crippen LogP contribution in [0.15, 0.2) is 17.9 Å². The molecular weight excluding hydrogens is 210 g/mol. The Labute approximate surface area is 91.5 Å². The van der Waals surface area contributed by atoms with Crippen molar-refractivity contribution in [3.8, 4) is 6.07 Å². The van der Waals surface area contributed by atoms with Crippen molar-refractivity contribution < 1.29 is 9.47 Å². The molecule has 0 unspecified atom stereocenters. The predicted octanol–water partition coefficient (Wildman–Crippen LogP) is 2.32. The first-order valence-electron chi connectivity index (χ1n) is 4.83. The molecule has 1 spiro atoms. The lowest BCUT2D eigenvalue weighted by Gasteiger charge is -2.31. The van der Waals surface area contributed by atoms with E-state index in [9.17, 15) is 0 Å². The quantitative estimate of drug-likeness (QED) is 0.672. The maximum absolute atomic E-state index is 8.92. The van der Waals surface area contributed by atoms with E-state index in [4.69, 9.17) is 14.7 Å². The number of thiophene rings is 1. The molecule has 0 N–H and O–H groups in total. The minimum absolute atomic E-state index is 0.482. The Morgan fingerprint density at radius 1 is 1.40 bits per heavy atom. The van der Waals surface area contributed by atoms with E-state index < -0.39 is 5.79 Å². The van der Waals surface area contributed by atoms with Crippen LogP contribution in [0.3, 0.4) is 0 Å². The van der Waals surface area contributed by atoms with E-state index in [1.54, 1.807) is 23.9 Å². The molecule has 0 saturated heterocycles. The number of rotatable bonds is 0. The molecule has 3 rings (SSSR count). The average molecular weight is 219 g/mol. The second-order valence-corrected chi connectivity index (χ2v) is 4.72. The topological polar surface area (TPSA) is 42.2 Å². The van der Waals surface area contributed by atoms with Gasteiger partial charge in [-0.15, -0.1) is 11.3 Å². The van der Waals surface area contributed by atoms with Crippen molar-refractivity contribution in [3.05, 3.63) is 33.9 Å². The molecule has 2 aliphatic rings. The van der Waals surface area contributed by atoms with E-state index >= 15 is 0 Å². The highest BCUT2D eigenvalue weighted by Gasteiger charge is 2.40. The van der Waals surface area contributed by atoms with Gasteiger partial charge in [-0.1, -0.05) is 0 Å². The van der Waals surface area contributed by atoms with Crippen molar-refractivity contribution in [2.24, 2.45) is 0 Å².